The minimum Gasteiger partial charge on any atom is -0.438 e. The molecule has 8 heteroatoms. The smallest absolute Gasteiger partial charge is 0.322 e. The quantitative estimate of drug-likeness (QED) is 0.371. The SMILES string of the molecule is O=C(Nc1cccc(Cl)c1)N1CCCC1c1nc2cc(-c3ccc(F)cc3F)ccc2o1. The summed E-state index contributed by atoms with van der Waals surface area (Å²) < 4.78 is 33.4. The zero-order valence-electron chi connectivity index (χ0n) is 16.8. The van der Waals surface area contributed by atoms with Gasteiger partial charge in [-0.25, -0.2) is 18.6 Å². The summed E-state index contributed by atoms with van der Waals surface area (Å²) in [7, 11) is 0. The first kappa shape index (κ1) is 20.5. The Morgan fingerprint density at radius 1 is 1.12 bits per heavy atom. The molecule has 0 aliphatic carbocycles. The molecule has 2 amide bonds. The van der Waals surface area contributed by atoms with Crippen molar-refractivity contribution in [1.29, 1.82) is 0 Å². The van der Waals surface area contributed by atoms with Gasteiger partial charge in [0.15, 0.2) is 5.58 Å². The zero-order valence-corrected chi connectivity index (χ0v) is 17.6. The number of hydrogen-bond acceptors (Lipinski definition) is 3. The molecule has 4 aromatic rings. The lowest BCUT2D eigenvalue weighted by atomic mass is 10.0. The number of rotatable bonds is 3. The van der Waals surface area contributed by atoms with Gasteiger partial charge < -0.3 is 14.6 Å². The first-order valence-electron chi connectivity index (χ1n) is 10.2. The van der Waals surface area contributed by atoms with E-state index in [1.165, 1.54) is 12.1 Å². The third-order valence-corrected chi connectivity index (χ3v) is 5.76. The fraction of sp³-hybridized carbons (Fsp3) is 0.167. The normalized spacial score (nSPS) is 16.0. The summed E-state index contributed by atoms with van der Waals surface area (Å²) in [6.07, 6.45) is 1.54. The molecule has 0 bridgehead atoms. The van der Waals surface area contributed by atoms with E-state index in [2.05, 4.69) is 10.3 Å². The van der Waals surface area contributed by atoms with E-state index in [-0.39, 0.29) is 17.6 Å². The molecule has 1 aliphatic rings. The van der Waals surface area contributed by atoms with Gasteiger partial charge in [-0.15, -0.1) is 0 Å². The number of fused-ring (bicyclic) bond motifs is 1. The molecule has 2 heterocycles. The summed E-state index contributed by atoms with van der Waals surface area (Å²) in [5.74, 6) is -0.850. The first-order chi connectivity index (χ1) is 15.5. The van der Waals surface area contributed by atoms with Gasteiger partial charge in [-0.1, -0.05) is 23.7 Å². The van der Waals surface area contributed by atoms with E-state index in [0.717, 1.165) is 18.9 Å². The first-order valence-corrected chi connectivity index (χ1v) is 10.5. The molecular weight excluding hydrogens is 436 g/mol. The maximum Gasteiger partial charge on any atom is 0.322 e. The minimum atomic E-state index is -0.646. The summed E-state index contributed by atoms with van der Waals surface area (Å²) in [5.41, 5.74) is 2.53. The van der Waals surface area contributed by atoms with Crippen LogP contribution in [0.25, 0.3) is 22.2 Å². The van der Waals surface area contributed by atoms with Gasteiger partial charge in [0.1, 0.15) is 23.2 Å². The van der Waals surface area contributed by atoms with Crippen LogP contribution in [0.5, 0.6) is 0 Å². The summed E-state index contributed by atoms with van der Waals surface area (Å²) in [6, 6.07) is 14.9. The van der Waals surface area contributed by atoms with Crippen molar-refractivity contribution in [3.05, 3.63) is 83.2 Å². The number of anilines is 1. The average Bonchev–Trinajstić information content (AvgIpc) is 3.40. The molecule has 0 radical (unpaired) electrons. The Kier molecular flexibility index (Phi) is 5.27. The topological polar surface area (TPSA) is 58.4 Å². The third-order valence-electron chi connectivity index (χ3n) is 5.52. The van der Waals surface area contributed by atoms with Crippen LogP contribution in [-0.4, -0.2) is 22.5 Å². The monoisotopic (exact) mass is 453 g/mol. The van der Waals surface area contributed by atoms with Gasteiger partial charge in [0.25, 0.3) is 0 Å². The molecular formula is C24H18ClF2N3O2. The fourth-order valence-electron chi connectivity index (χ4n) is 4.01. The molecule has 5 rings (SSSR count). The minimum absolute atomic E-state index is 0.258. The van der Waals surface area contributed by atoms with Crippen molar-refractivity contribution >= 4 is 34.4 Å². The van der Waals surface area contributed by atoms with Crippen LogP contribution in [0.3, 0.4) is 0 Å². The van der Waals surface area contributed by atoms with Crippen molar-refractivity contribution in [3.63, 3.8) is 0 Å². The predicted octanol–water partition coefficient (Wildman–Crippen LogP) is 6.80. The molecule has 3 aromatic carbocycles. The van der Waals surface area contributed by atoms with Crippen LogP contribution in [0.15, 0.2) is 65.1 Å². The number of nitrogens with one attached hydrogen (secondary N) is 1. The highest BCUT2D eigenvalue weighted by atomic mass is 35.5. The van der Waals surface area contributed by atoms with E-state index in [0.29, 0.717) is 39.8 Å². The van der Waals surface area contributed by atoms with Crippen LogP contribution >= 0.6 is 11.6 Å². The van der Waals surface area contributed by atoms with Crippen molar-refractivity contribution in [2.24, 2.45) is 0 Å². The van der Waals surface area contributed by atoms with E-state index in [4.69, 9.17) is 16.0 Å². The molecule has 1 aromatic heterocycles. The van der Waals surface area contributed by atoms with Gasteiger partial charge in [-0.2, -0.15) is 0 Å². The highest BCUT2D eigenvalue weighted by Crippen LogP contribution is 2.35. The van der Waals surface area contributed by atoms with Crippen molar-refractivity contribution in [1.82, 2.24) is 9.88 Å². The van der Waals surface area contributed by atoms with Crippen molar-refractivity contribution in [2.75, 3.05) is 11.9 Å². The molecule has 1 atom stereocenters. The molecule has 1 N–H and O–H groups in total. The highest BCUT2D eigenvalue weighted by molar-refractivity contribution is 6.30. The van der Waals surface area contributed by atoms with Crippen LogP contribution in [0, 0.1) is 11.6 Å². The second-order valence-electron chi connectivity index (χ2n) is 7.65. The number of benzene rings is 3. The summed E-state index contributed by atoms with van der Waals surface area (Å²) in [4.78, 5) is 19.1. The second-order valence-corrected chi connectivity index (χ2v) is 8.09. The summed E-state index contributed by atoms with van der Waals surface area (Å²) in [6.45, 7) is 0.571. The Hall–Kier alpha value is -3.45. The van der Waals surface area contributed by atoms with Crippen LogP contribution in [0.2, 0.25) is 5.02 Å². The maximum absolute atomic E-state index is 14.2. The lowest BCUT2D eigenvalue weighted by molar-refractivity contribution is 0.199. The number of likely N-dealkylation sites (tertiary alicyclic amines) is 1. The predicted molar refractivity (Wildman–Crippen MR) is 119 cm³/mol. The Morgan fingerprint density at radius 2 is 2.00 bits per heavy atom. The standard InChI is InChI=1S/C24H18ClF2N3O2/c25-15-3-1-4-17(12-15)28-24(31)30-10-2-5-21(30)23-29-20-11-14(6-9-22(20)32-23)18-8-7-16(26)13-19(18)27/h1,3-4,6-9,11-13,21H,2,5,10H2,(H,28,31). The van der Waals surface area contributed by atoms with Crippen molar-refractivity contribution in [3.8, 4) is 11.1 Å². The lowest BCUT2D eigenvalue weighted by Crippen LogP contribution is -2.34. The largest absolute Gasteiger partial charge is 0.438 e. The van der Waals surface area contributed by atoms with Gasteiger partial charge >= 0.3 is 6.03 Å². The van der Waals surface area contributed by atoms with Gasteiger partial charge in [0, 0.05) is 28.9 Å². The number of oxazole rings is 1. The van der Waals surface area contributed by atoms with Crippen molar-refractivity contribution < 1.29 is 18.0 Å². The second kappa shape index (κ2) is 8.24. The van der Waals surface area contributed by atoms with Gasteiger partial charge in [0.05, 0.1) is 0 Å². The van der Waals surface area contributed by atoms with E-state index in [9.17, 15) is 13.6 Å². The highest BCUT2D eigenvalue weighted by Gasteiger charge is 2.33. The number of nitrogens with zero attached hydrogens (tertiary/aromatic N) is 2. The Balaban J connectivity index is 1.41. The maximum atomic E-state index is 14.2. The van der Waals surface area contributed by atoms with Crippen LogP contribution in [-0.2, 0) is 0 Å². The average molecular weight is 454 g/mol. The van der Waals surface area contributed by atoms with Gasteiger partial charge in [-0.05, 0) is 60.9 Å². The number of hydrogen-bond donors (Lipinski definition) is 1. The third kappa shape index (κ3) is 3.91. The molecule has 1 saturated heterocycles. The van der Waals surface area contributed by atoms with E-state index in [1.54, 1.807) is 47.4 Å². The molecule has 162 valence electrons. The Labute approximate surface area is 187 Å². The molecule has 1 unspecified atom stereocenters. The Bertz CT molecular complexity index is 1320. The number of aromatic nitrogens is 1. The number of halogens is 3. The van der Waals surface area contributed by atoms with Gasteiger partial charge in [0.2, 0.25) is 5.89 Å². The number of carbonyl (C=O) groups excluding carboxylic acids is 1. The van der Waals surface area contributed by atoms with E-state index < -0.39 is 11.6 Å². The van der Waals surface area contributed by atoms with Gasteiger partial charge in [-0.3, -0.25) is 0 Å². The molecule has 0 saturated carbocycles. The number of carbonyl (C=O) groups is 1. The summed E-state index contributed by atoms with van der Waals surface area (Å²) >= 11 is 6.00. The van der Waals surface area contributed by atoms with E-state index in [1.807, 2.05) is 0 Å². The van der Waals surface area contributed by atoms with E-state index >= 15 is 0 Å². The van der Waals surface area contributed by atoms with Crippen LogP contribution in [0.4, 0.5) is 19.3 Å². The van der Waals surface area contributed by atoms with Crippen molar-refractivity contribution in [2.45, 2.75) is 18.9 Å². The van der Waals surface area contributed by atoms with Crippen LogP contribution < -0.4 is 5.32 Å². The number of amides is 2. The molecule has 32 heavy (non-hydrogen) atoms. The molecule has 1 fully saturated rings. The number of urea groups is 1. The molecule has 0 spiro atoms. The zero-order chi connectivity index (χ0) is 22.2. The fourth-order valence-corrected chi connectivity index (χ4v) is 4.20. The Morgan fingerprint density at radius 3 is 2.81 bits per heavy atom. The summed E-state index contributed by atoms with van der Waals surface area (Å²) in [5, 5.41) is 3.40. The lowest BCUT2D eigenvalue weighted by Gasteiger charge is -2.22. The molecule has 5 nitrogen and oxygen atoms in total. The molecule has 1 aliphatic heterocycles. The van der Waals surface area contributed by atoms with Crippen LogP contribution in [0.1, 0.15) is 24.8 Å².